The first-order valence-electron chi connectivity index (χ1n) is 5.20. The summed E-state index contributed by atoms with van der Waals surface area (Å²) >= 11 is 3.10. The molecule has 1 fully saturated rings. The Morgan fingerprint density at radius 1 is 1.47 bits per heavy atom. The van der Waals surface area contributed by atoms with Crippen LogP contribution in [0.25, 0.3) is 0 Å². The Kier molecular flexibility index (Phi) is 5.08. The third kappa shape index (κ3) is 4.20. The molecule has 0 spiro atoms. The lowest BCUT2D eigenvalue weighted by Crippen LogP contribution is -2.35. The second-order valence-electron chi connectivity index (χ2n) is 3.55. The largest absolute Gasteiger partial charge is 0.450 e. The van der Waals surface area contributed by atoms with Crippen molar-refractivity contribution >= 4 is 27.8 Å². The molecule has 1 aliphatic carbocycles. The molecule has 0 aromatic rings. The number of hydrogen-bond donors (Lipinski definition) is 0. The van der Waals surface area contributed by atoms with Crippen molar-refractivity contribution < 1.29 is 14.3 Å². The molecule has 15 heavy (non-hydrogen) atoms. The van der Waals surface area contributed by atoms with E-state index in [-0.39, 0.29) is 11.9 Å². The summed E-state index contributed by atoms with van der Waals surface area (Å²) in [5.74, 6) is 0.116. The Balaban J connectivity index is 2.36. The van der Waals surface area contributed by atoms with Gasteiger partial charge in [0.1, 0.15) is 5.78 Å². The van der Waals surface area contributed by atoms with Gasteiger partial charge in [0.25, 0.3) is 0 Å². The van der Waals surface area contributed by atoms with E-state index >= 15 is 0 Å². The molecule has 1 saturated carbocycles. The van der Waals surface area contributed by atoms with Crippen LogP contribution in [0.15, 0.2) is 0 Å². The van der Waals surface area contributed by atoms with Gasteiger partial charge in [0.2, 0.25) is 0 Å². The van der Waals surface area contributed by atoms with Crippen LogP contribution in [-0.2, 0) is 9.53 Å². The number of ketones is 1. The van der Waals surface area contributed by atoms with E-state index in [0.29, 0.717) is 30.9 Å². The molecule has 0 bridgehead atoms. The maximum atomic E-state index is 11.5. The molecule has 4 nitrogen and oxygen atoms in total. The molecule has 0 heterocycles. The Labute approximate surface area is 98.1 Å². The quantitative estimate of drug-likeness (QED) is 0.698. The van der Waals surface area contributed by atoms with E-state index in [1.54, 1.807) is 11.8 Å². The highest BCUT2D eigenvalue weighted by molar-refractivity contribution is 9.09. The summed E-state index contributed by atoms with van der Waals surface area (Å²) < 4.78 is 4.94. The van der Waals surface area contributed by atoms with Gasteiger partial charge >= 0.3 is 6.09 Å². The second kappa shape index (κ2) is 6.10. The fourth-order valence-corrected chi connectivity index (χ4v) is 1.61. The summed E-state index contributed by atoms with van der Waals surface area (Å²) in [7, 11) is 0. The van der Waals surface area contributed by atoms with Gasteiger partial charge in [0, 0.05) is 19.0 Å². The zero-order valence-electron chi connectivity index (χ0n) is 8.87. The number of halogens is 1. The Bertz CT molecular complexity index is 241. The molecule has 1 aliphatic rings. The Hall–Kier alpha value is -0.580. The van der Waals surface area contributed by atoms with E-state index in [2.05, 4.69) is 15.9 Å². The zero-order chi connectivity index (χ0) is 11.3. The van der Waals surface area contributed by atoms with Gasteiger partial charge in [-0.3, -0.25) is 4.79 Å². The Morgan fingerprint density at radius 3 is 2.60 bits per heavy atom. The van der Waals surface area contributed by atoms with Crippen molar-refractivity contribution in [1.29, 1.82) is 0 Å². The van der Waals surface area contributed by atoms with E-state index < -0.39 is 0 Å². The van der Waals surface area contributed by atoms with E-state index in [4.69, 9.17) is 4.74 Å². The number of hydrogen-bond acceptors (Lipinski definition) is 3. The minimum Gasteiger partial charge on any atom is -0.450 e. The topological polar surface area (TPSA) is 46.6 Å². The second-order valence-corrected chi connectivity index (χ2v) is 4.11. The first kappa shape index (κ1) is 12.5. The summed E-state index contributed by atoms with van der Waals surface area (Å²) in [6.45, 7) is 2.65. The first-order chi connectivity index (χ1) is 7.19. The molecule has 1 amide bonds. The molecular weight excluding hydrogens is 262 g/mol. The lowest BCUT2D eigenvalue weighted by molar-refractivity contribution is -0.116. The van der Waals surface area contributed by atoms with Gasteiger partial charge in [0.05, 0.1) is 11.9 Å². The predicted molar refractivity (Wildman–Crippen MR) is 60.2 cm³/mol. The van der Waals surface area contributed by atoms with Crippen molar-refractivity contribution in [2.45, 2.75) is 32.2 Å². The summed E-state index contributed by atoms with van der Waals surface area (Å²) in [6, 6.07) is 0.298. The number of rotatable bonds is 6. The maximum Gasteiger partial charge on any atom is 0.410 e. The van der Waals surface area contributed by atoms with Crippen molar-refractivity contribution in [2.24, 2.45) is 0 Å². The summed E-state index contributed by atoms with van der Waals surface area (Å²) in [5, 5.41) is 0.355. The number of carbonyl (C=O) groups is 2. The van der Waals surface area contributed by atoms with Crippen LogP contribution >= 0.6 is 15.9 Å². The van der Waals surface area contributed by atoms with E-state index in [1.807, 2.05) is 0 Å². The fourth-order valence-electron chi connectivity index (χ4n) is 1.33. The van der Waals surface area contributed by atoms with Crippen LogP contribution < -0.4 is 0 Å². The van der Waals surface area contributed by atoms with Gasteiger partial charge in [-0.05, 0) is 19.8 Å². The first-order valence-corrected chi connectivity index (χ1v) is 6.32. The highest BCUT2D eigenvalue weighted by Gasteiger charge is 2.33. The normalized spacial score (nSPS) is 14.8. The molecule has 1 rings (SSSR count). The van der Waals surface area contributed by atoms with Crippen LogP contribution in [0.4, 0.5) is 4.79 Å². The molecule has 86 valence electrons. The van der Waals surface area contributed by atoms with Gasteiger partial charge < -0.3 is 9.64 Å². The van der Waals surface area contributed by atoms with Crippen LogP contribution in [0, 0.1) is 0 Å². The number of Topliss-reactive ketones (excluding diaryl/α,β-unsaturated/α-hetero) is 1. The number of ether oxygens (including phenoxy) is 1. The van der Waals surface area contributed by atoms with Crippen LogP contribution in [0.3, 0.4) is 0 Å². The standard InChI is InChI=1S/C10H16BrNO3/c1-2-15-10(14)12(8-3-4-8)6-5-9(13)7-11/h8H,2-7H2,1H3. The van der Waals surface area contributed by atoms with Crippen molar-refractivity contribution in [2.75, 3.05) is 18.5 Å². The van der Waals surface area contributed by atoms with Crippen LogP contribution in [-0.4, -0.2) is 41.3 Å². The van der Waals surface area contributed by atoms with Crippen molar-refractivity contribution in [3.63, 3.8) is 0 Å². The molecule has 5 heteroatoms. The van der Waals surface area contributed by atoms with Crippen molar-refractivity contribution in [3.05, 3.63) is 0 Å². The van der Waals surface area contributed by atoms with Crippen LogP contribution in [0.5, 0.6) is 0 Å². The molecule has 0 atom stereocenters. The van der Waals surface area contributed by atoms with Crippen molar-refractivity contribution in [3.8, 4) is 0 Å². The molecule has 0 N–H and O–H groups in total. The summed E-state index contributed by atoms with van der Waals surface area (Å²) in [4.78, 5) is 24.3. The van der Waals surface area contributed by atoms with Gasteiger partial charge in [-0.15, -0.1) is 0 Å². The van der Waals surface area contributed by atoms with Gasteiger partial charge in [-0.25, -0.2) is 4.79 Å². The third-order valence-corrected chi connectivity index (χ3v) is 2.90. The van der Waals surface area contributed by atoms with Gasteiger partial charge in [0.15, 0.2) is 0 Å². The van der Waals surface area contributed by atoms with Crippen molar-refractivity contribution in [1.82, 2.24) is 4.90 Å². The number of carbonyl (C=O) groups excluding carboxylic acids is 2. The maximum absolute atomic E-state index is 11.5. The van der Waals surface area contributed by atoms with Crippen LogP contribution in [0.1, 0.15) is 26.2 Å². The highest BCUT2D eigenvalue weighted by Crippen LogP contribution is 2.27. The van der Waals surface area contributed by atoms with Gasteiger partial charge in [-0.2, -0.15) is 0 Å². The lowest BCUT2D eigenvalue weighted by Gasteiger charge is -2.20. The third-order valence-electron chi connectivity index (χ3n) is 2.27. The minimum atomic E-state index is -0.289. The van der Waals surface area contributed by atoms with E-state index in [9.17, 15) is 9.59 Å². The molecule has 0 aromatic heterocycles. The monoisotopic (exact) mass is 277 g/mol. The number of alkyl halides is 1. The summed E-state index contributed by atoms with van der Waals surface area (Å²) in [6.07, 6.45) is 2.17. The molecular formula is C10H16BrNO3. The lowest BCUT2D eigenvalue weighted by atomic mass is 10.3. The smallest absolute Gasteiger partial charge is 0.410 e. The van der Waals surface area contributed by atoms with E-state index in [0.717, 1.165) is 12.8 Å². The van der Waals surface area contributed by atoms with Gasteiger partial charge in [-0.1, -0.05) is 15.9 Å². The molecule has 0 unspecified atom stereocenters. The Morgan fingerprint density at radius 2 is 2.13 bits per heavy atom. The number of nitrogens with zero attached hydrogens (tertiary/aromatic N) is 1. The number of amides is 1. The molecule has 0 aliphatic heterocycles. The molecule has 0 radical (unpaired) electrons. The summed E-state index contributed by atoms with van der Waals surface area (Å²) in [5.41, 5.74) is 0. The molecule has 0 saturated heterocycles. The minimum absolute atomic E-state index is 0.116. The predicted octanol–water partition coefficient (Wildman–Crippen LogP) is 1.96. The molecule has 0 aromatic carbocycles. The highest BCUT2D eigenvalue weighted by atomic mass is 79.9. The average molecular weight is 278 g/mol. The zero-order valence-corrected chi connectivity index (χ0v) is 10.5. The van der Waals surface area contributed by atoms with Crippen LogP contribution in [0.2, 0.25) is 0 Å². The fraction of sp³-hybridized carbons (Fsp3) is 0.800. The average Bonchev–Trinajstić information content (AvgIpc) is 3.02. The van der Waals surface area contributed by atoms with E-state index in [1.165, 1.54) is 0 Å². The SMILES string of the molecule is CCOC(=O)N(CCC(=O)CBr)C1CC1.